The zero-order valence-corrected chi connectivity index (χ0v) is 9.35. The predicted molar refractivity (Wildman–Crippen MR) is 59.5 cm³/mol. The van der Waals surface area contributed by atoms with Gasteiger partial charge in [0.2, 0.25) is 5.91 Å². The van der Waals surface area contributed by atoms with Gasteiger partial charge in [0.05, 0.1) is 13.2 Å². The molecule has 0 rings (SSSR count). The van der Waals surface area contributed by atoms with Crippen molar-refractivity contribution in [3.05, 3.63) is 24.3 Å². The normalized spacial score (nSPS) is 11.4. The van der Waals surface area contributed by atoms with E-state index in [1.165, 1.54) is 6.08 Å². The van der Waals surface area contributed by atoms with Crippen LogP contribution in [-0.2, 0) is 9.53 Å². The molecule has 0 saturated carbocycles. The van der Waals surface area contributed by atoms with Crippen LogP contribution in [0.4, 0.5) is 0 Å². The summed E-state index contributed by atoms with van der Waals surface area (Å²) in [5, 5.41) is 8.78. The van der Waals surface area contributed by atoms with Crippen molar-refractivity contribution < 1.29 is 14.6 Å². The van der Waals surface area contributed by atoms with Crippen molar-refractivity contribution in [3.8, 4) is 0 Å². The van der Waals surface area contributed by atoms with E-state index in [1.807, 2.05) is 13.0 Å². The van der Waals surface area contributed by atoms with Crippen LogP contribution in [0.1, 0.15) is 6.92 Å². The minimum Gasteiger partial charge on any atom is -0.395 e. The third-order valence-corrected chi connectivity index (χ3v) is 1.79. The van der Waals surface area contributed by atoms with Crippen LogP contribution in [0.15, 0.2) is 24.3 Å². The van der Waals surface area contributed by atoms with Crippen LogP contribution in [0.5, 0.6) is 0 Å². The highest BCUT2D eigenvalue weighted by Gasteiger charge is 2.08. The minimum atomic E-state index is -0.112. The third-order valence-electron chi connectivity index (χ3n) is 1.79. The Morgan fingerprint density at radius 1 is 1.40 bits per heavy atom. The number of carbonyl (C=O) groups is 1. The fourth-order valence-electron chi connectivity index (χ4n) is 1.01. The van der Waals surface area contributed by atoms with E-state index in [0.717, 1.165) is 0 Å². The van der Waals surface area contributed by atoms with Gasteiger partial charge in [0.15, 0.2) is 0 Å². The Labute approximate surface area is 90.8 Å². The molecule has 0 aromatic rings. The van der Waals surface area contributed by atoms with E-state index in [9.17, 15) is 4.79 Å². The number of amides is 1. The molecule has 4 heteroatoms. The summed E-state index contributed by atoms with van der Waals surface area (Å²) in [6, 6.07) is 0. The number of ether oxygens (including phenoxy) is 1. The van der Waals surface area contributed by atoms with Gasteiger partial charge in [-0.05, 0) is 6.92 Å². The van der Waals surface area contributed by atoms with Crippen molar-refractivity contribution in [3.63, 3.8) is 0 Å². The van der Waals surface area contributed by atoms with Crippen LogP contribution < -0.4 is 0 Å². The summed E-state index contributed by atoms with van der Waals surface area (Å²) in [4.78, 5) is 13.1. The van der Waals surface area contributed by atoms with Crippen molar-refractivity contribution in [2.45, 2.75) is 6.92 Å². The van der Waals surface area contributed by atoms with Crippen LogP contribution >= 0.6 is 0 Å². The number of methoxy groups -OCH3 is 1. The summed E-state index contributed by atoms with van der Waals surface area (Å²) in [7, 11) is 1.58. The first-order chi connectivity index (χ1) is 7.26. The molecule has 0 aliphatic rings. The lowest BCUT2D eigenvalue weighted by atomic mass is 10.4. The van der Waals surface area contributed by atoms with E-state index in [0.29, 0.717) is 19.7 Å². The highest BCUT2D eigenvalue weighted by molar-refractivity contribution is 5.87. The Bertz CT molecular complexity index is 224. The Morgan fingerprint density at radius 3 is 2.67 bits per heavy atom. The molecular formula is C11H19NO3. The van der Waals surface area contributed by atoms with E-state index in [1.54, 1.807) is 24.2 Å². The molecule has 0 unspecified atom stereocenters. The second-order valence-corrected chi connectivity index (χ2v) is 2.93. The summed E-state index contributed by atoms with van der Waals surface area (Å²) < 4.78 is 4.88. The molecule has 0 aromatic heterocycles. The number of carbonyl (C=O) groups excluding carboxylic acids is 1. The van der Waals surface area contributed by atoms with Gasteiger partial charge in [-0.1, -0.05) is 18.2 Å². The van der Waals surface area contributed by atoms with E-state index >= 15 is 0 Å². The fourth-order valence-corrected chi connectivity index (χ4v) is 1.01. The lowest BCUT2D eigenvalue weighted by Crippen LogP contribution is -2.34. The summed E-state index contributed by atoms with van der Waals surface area (Å²) >= 11 is 0. The molecular weight excluding hydrogens is 194 g/mol. The monoisotopic (exact) mass is 213 g/mol. The molecule has 4 nitrogen and oxygen atoms in total. The maximum atomic E-state index is 11.6. The lowest BCUT2D eigenvalue weighted by molar-refractivity contribution is -0.127. The Hall–Kier alpha value is -1.13. The number of aliphatic hydroxyl groups is 1. The van der Waals surface area contributed by atoms with Crippen molar-refractivity contribution >= 4 is 5.91 Å². The van der Waals surface area contributed by atoms with E-state index in [4.69, 9.17) is 9.84 Å². The van der Waals surface area contributed by atoms with Gasteiger partial charge in [0, 0.05) is 26.3 Å². The number of hydrogen-bond donors (Lipinski definition) is 1. The van der Waals surface area contributed by atoms with E-state index < -0.39 is 0 Å². The van der Waals surface area contributed by atoms with Gasteiger partial charge in [-0.3, -0.25) is 4.79 Å². The number of rotatable bonds is 7. The van der Waals surface area contributed by atoms with Crippen molar-refractivity contribution in [1.82, 2.24) is 4.90 Å². The van der Waals surface area contributed by atoms with Crippen LogP contribution in [0.2, 0.25) is 0 Å². The van der Waals surface area contributed by atoms with Gasteiger partial charge in [0.1, 0.15) is 0 Å². The zero-order chi connectivity index (χ0) is 11.5. The molecule has 0 heterocycles. The standard InChI is InChI=1S/C11H19NO3/c1-3-4-5-6-11(14)12(7-9-13)8-10-15-2/h3-6,13H,7-10H2,1-2H3/b4-3?,6-5+. The summed E-state index contributed by atoms with van der Waals surface area (Å²) in [6.07, 6.45) is 6.78. The van der Waals surface area contributed by atoms with Crippen LogP contribution in [-0.4, -0.2) is 49.3 Å². The Kier molecular flexibility index (Phi) is 8.72. The third kappa shape index (κ3) is 6.88. The molecule has 0 fully saturated rings. The van der Waals surface area contributed by atoms with Crippen molar-refractivity contribution in [1.29, 1.82) is 0 Å². The Balaban J connectivity index is 4.14. The molecule has 0 aromatic carbocycles. The maximum absolute atomic E-state index is 11.6. The van der Waals surface area contributed by atoms with Crippen LogP contribution in [0.3, 0.4) is 0 Å². The number of nitrogens with zero attached hydrogens (tertiary/aromatic N) is 1. The number of aliphatic hydroxyl groups excluding tert-OH is 1. The maximum Gasteiger partial charge on any atom is 0.246 e. The first-order valence-electron chi connectivity index (χ1n) is 4.94. The molecule has 1 amide bonds. The molecule has 15 heavy (non-hydrogen) atoms. The summed E-state index contributed by atoms with van der Waals surface area (Å²) in [5.74, 6) is -0.112. The van der Waals surface area contributed by atoms with E-state index in [-0.39, 0.29) is 12.5 Å². The van der Waals surface area contributed by atoms with Crippen LogP contribution in [0.25, 0.3) is 0 Å². The van der Waals surface area contributed by atoms with Gasteiger partial charge in [-0.25, -0.2) is 0 Å². The second kappa shape index (κ2) is 9.43. The lowest BCUT2D eigenvalue weighted by Gasteiger charge is -2.19. The average Bonchev–Trinajstić information content (AvgIpc) is 2.24. The summed E-state index contributed by atoms with van der Waals surface area (Å²) in [6.45, 7) is 3.15. The van der Waals surface area contributed by atoms with Gasteiger partial charge in [0.25, 0.3) is 0 Å². The number of hydrogen-bond acceptors (Lipinski definition) is 3. The molecule has 0 aliphatic heterocycles. The Morgan fingerprint density at radius 2 is 2.13 bits per heavy atom. The highest BCUT2D eigenvalue weighted by atomic mass is 16.5. The smallest absolute Gasteiger partial charge is 0.246 e. The average molecular weight is 213 g/mol. The topological polar surface area (TPSA) is 49.8 Å². The molecule has 0 radical (unpaired) electrons. The zero-order valence-electron chi connectivity index (χ0n) is 9.35. The van der Waals surface area contributed by atoms with Gasteiger partial charge in [-0.15, -0.1) is 0 Å². The summed E-state index contributed by atoms with van der Waals surface area (Å²) in [5.41, 5.74) is 0. The largest absolute Gasteiger partial charge is 0.395 e. The van der Waals surface area contributed by atoms with Gasteiger partial charge in [-0.2, -0.15) is 0 Å². The SMILES string of the molecule is CC=C/C=C/C(=O)N(CCO)CCOC. The van der Waals surface area contributed by atoms with Crippen LogP contribution in [0, 0.1) is 0 Å². The molecule has 0 aliphatic carbocycles. The van der Waals surface area contributed by atoms with Gasteiger partial charge >= 0.3 is 0 Å². The predicted octanol–water partition coefficient (Wildman–Crippen LogP) is 0.586. The molecule has 0 bridgehead atoms. The highest BCUT2D eigenvalue weighted by Crippen LogP contribution is 1.92. The molecule has 0 atom stereocenters. The minimum absolute atomic E-state index is 0.0348. The van der Waals surface area contributed by atoms with Gasteiger partial charge < -0.3 is 14.7 Å². The first-order valence-corrected chi connectivity index (χ1v) is 4.94. The molecule has 86 valence electrons. The quantitative estimate of drug-likeness (QED) is 0.497. The fraction of sp³-hybridized carbons (Fsp3) is 0.545. The first kappa shape index (κ1) is 13.9. The van der Waals surface area contributed by atoms with E-state index in [2.05, 4.69) is 0 Å². The molecule has 0 saturated heterocycles. The van der Waals surface area contributed by atoms with Crippen molar-refractivity contribution in [2.75, 3.05) is 33.4 Å². The molecule has 1 N–H and O–H groups in total. The second-order valence-electron chi connectivity index (χ2n) is 2.93. The molecule has 0 spiro atoms. The number of allylic oxidation sites excluding steroid dienone is 3. The van der Waals surface area contributed by atoms with Crippen molar-refractivity contribution in [2.24, 2.45) is 0 Å².